The van der Waals surface area contributed by atoms with Gasteiger partial charge in [-0.3, -0.25) is 0 Å². The van der Waals surface area contributed by atoms with Gasteiger partial charge in [0.05, 0.1) is 25.4 Å². The fraction of sp³-hybridized carbons (Fsp3) is 0.533. The number of amides is 1. The van der Waals surface area contributed by atoms with Crippen molar-refractivity contribution in [2.45, 2.75) is 38.4 Å². The first kappa shape index (κ1) is 15.8. The summed E-state index contributed by atoms with van der Waals surface area (Å²) in [5.74, 6) is -0.772. The Bertz CT molecular complexity index is 462. The fourth-order valence-electron chi connectivity index (χ4n) is 1.90. The molecule has 0 radical (unpaired) electrons. The lowest BCUT2D eigenvalue weighted by Gasteiger charge is -2.22. The average Bonchev–Trinajstić information content (AvgIpc) is 2.59. The van der Waals surface area contributed by atoms with Crippen molar-refractivity contribution in [2.24, 2.45) is 0 Å². The van der Waals surface area contributed by atoms with E-state index in [4.69, 9.17) is 14.2 Å². The van der Waals surface area contributed by atoms with Crippen molar-refractivity contribution in [3.05, 3.63) is 35.9 Å². The van der Waals surface area contributed by atoms with Gasteiger partial charge in [0.15, 0.2) is 5.79 Å². The summed E-state index contributed by atoms with van der Waals surface area (Å²) in [6.07, 6.45) is -1.43. The van der Waals surface area contributed by atoms with Crippen LogP contribution in [0, 0.1) is 0 Å². The van der Waals surface area contributed by atoms with Gasteiger partial charge in [-0.2, -0.15) is 0 Å². The number of carbonyl (C=O) groups is 1. The van der Waals surface area contributed by atoms with Gasteiger partial charge in [-0.15, -0.1) is 0 Å². The standard InChI is InChI=1S/C15H21NO5/c1-15(2)20-9-12(13(17)10-21-15)16-14(18)19-8-11-6-4-3-5-7-11/h3-7,12-13,17H,8-10H2,1-2H3,(H,16,18)/t12-,13-/m0/s1. The molecule has 1 aliphatic heterocycles. The number of ether oxygens (including phenoxy) is 3. The molecular formula is C15H21NO5. The first-order chi connectivity index (χ1) is 9.96. The zero-order chi connectivity index (χ0) is 15.3. The molecule has 116 valence electrons. The quantitative estimate of drug-likeness (QED) is 0.882. The second kappa shape index (κ2) is 6.89. The number of carbonyl (C=O) groups excluding carboxylic acids is 1. The molecule has 2 N–H and O–H groups in total. The maximum atomic E-state index is 11.8. The van der Waals surface area contributed by atoms with Crippen molar-refractivity contribution < 1.29 is 24.1 Å². The van der Waals surface area contributed by atoms with Crippen LogP contribution < -0.4 is 5.32 Å². The predicted octanol–water partition coefficient (Wildman–Crippen LogP) is 1.43. The number of nitrogens with one attached hydrogen (secondary N) is 1. The van der Waals surface area contributed by atoms with Gasteiger partial charge in [0, 0.05) is 0 Å². The van der Waals surface area contributed by atoms with Crippen LogP contribution in [0.4, 0.5) is 4.79 Å². The molecule has 6 nitrogen and oxygen atoms in total. The van der Waals surface area contributed by atoms with Gasteiger partial charge in [-0.1, -0.05) is 30.3 Å². The summed E-state index contributed by atoms with van der Waals surface area (Å²) >= 11 is 0. The molecule has 6 heteroatoms. The SMILES string of the molecule is CC1(C)OC[C@H](NC(=O)OCc2ccccc2)[C@@H](O)CO1. The molecule has 0 aromatic heterocycles. The molecule has 1 fully saturated rings. The van der Waals surface area contributed by atoms with Crippen molar-refractivity contribution in [3.8, 4) is 0 Å². The maximum absolute atomic E-state index is 11.8. The minimum atomic E-state index is -0.837. The van der Waals surface area contributed by atoms with E-state index >= 15 is 0 Å². The number of aliphatic hydroxyl groups excluding tert-OH is 1. The van der Waals surface area contributed by atoms with Crippen molar-refractivity contribution >= 4 is 6.09 Å². The van der Waals surface area contributed by atoms with Gasteiger partial charge in [-0.05, 0) is 19.4 Å². The van der Waals surface area contributed by atoms with E-state index in [-0.39, 0.29) is 19.8 Å². The molecule has 1 aromatic rings. The van der Waals surface area contributed by atoms with Gasteiger partial charge in [0.1, 0.15) is 6.61 Å². The Morgan fingerprint density at radius 1 is 1.33 bits per heavy atom. The van der Waals surface area contributed by atoms with Gasteiger partial charge >= 0.3 is 6.09 Å². The highest BCUT2D eigenvalue weighted by molar-refractivity contribution is 5.67. The minimum Gasteiger partial charge on any atom is -0.445 e. The summed E-state index contributed by atoms with van der Waals surface area (Å²) in [5.41, 5.74) is 0.898. The number of alkyl carbamates (subject to hydrolysis) is 1. The molecule has 1 aliphatic rings. The van der Waals surface area contributed by atoms with Crippen molar-refractivity contribution in [3.63, 3.8) is 0 Å². The molecule has 1 amide bonds. The van der Waals surface area contributed by atoms with E-state index in [1.165, 1.54) is 0 Å². The molecule has 0 aliphatic carbocycles. The van der Waals surface area contributed by atoms with Crippen LogP contribution >= 0.6 is 0 Å². The summed E-state index contributed by atoms with van der Waals surface area (Å²) in [5, 5.41) is 12.5. The van der Waals surface area contributed by atoms with Gasteiger partial charge in [0.25, 0.3) is 0 Å². The van der Waals surface area contributed by atoms with Gasteiger partial charge < -0.3 is 24.6 Å². The van der Waals surface area contributed by atoms with E-state index in [0.717, 1.165) is 5.56 Å². The summed E-state index contributed by atoms with van der Waals surface area (Å²) in [4.78, 5) is 11.8. The van der Waals surface area contributed by atoms with E-state index < -0.39 is 24.0 Å². The van der Waals surface area contributed by atoms with E-state index in [9.17, 15) is 9.90 Å². The number of rotatable bonds is 3. The molecule has 1 heterocycles. The third-order valence-electron chi connectivity index (χ3n) is 3.19. The minimum absolute atomic E-state index is 0.0939. The normalized spacial score (nSPS) is 24.9. The number of aliphatic hydroxyl groups is 1. The molecule has 1 saturated heterocycles. The van der Waals surface area contributed by atoms with Crippen molar-refractivity contribution in [1.29, 1.82) is 0 Å². The van der Waals surface area contributed by atoms with Crippen LogP contribution in [0.2, 0.25) is 0 Å². The van der Waals surface area contributed by atoms with E-state index in [1.54, 1.807) is 13.8 Å². The summed E-state index contributed by atoms with van der Waals surface area (Å²) in [7, 11) is 0. The lowest BCUT2D eigenvalue weighted by Crippen LogP contribution is -2.47. The molecule has 2 atom stereocenters. The number of benzene rings is 1. The summed E-state index contributed by atoms with van der Waals surface area (Å²) in [6, 6.07) is 8.82. The first-order valence-corrected chi connectivity index (χ1v) is 6.89. The Morgan fingerprint density at radius 3 is 2.71 bits per heavy atom. The lowest BCUT2D eigenvalue weighted by atomic mass is 10.2. The molecule has 2 rings (SSSR count). The number of hydrogen-bond acceptors (Lipinski definition) is 5. The second-order valence-corrected chi connectivity index (χ2v) is 5.40. The molecule has 0 unspecified atom stereocenters. The van der Waals surface area contributed by atoms with E-state index in [1.807, 2.05) is 30.3 Å². The Labute approximate surface area is 124 Å². The molecule has 0 bridgehead atoms. The maximum Gasteiger partial charge on any atom is 0.407 e. The highest BCUT2D eigenvalue weighted by Crippen LogP contribution is 2.17. The highest BCUT2D eigenvalue weighted by atomic mass is 16.7. The number of hydrogen-bond donors (Lipinski definition) is 2. The van der Waals surface area contributed by atoms with Crippen LogP contribution in [0.15, 0.2) is 30.3 Å². The highest BCUT2D eigenvalue weighted by Gasteiger charge is 2.32. The largest absolute Gasteiger partial charge is 0.445 e. The molecule has 1 aromatic carbocycles. The Hall–Kier alpha value is -1.63. The molecule has 21 heavy (non-hydrogen) atoms. The van der Waals surface area contributed by atoms with Crippen LogP contribution in [-0.4, -0.2) is 42.3 Å². The van der Waals surface area contributed by atoms with Crippen molar-refractivity contribution in [1.82, 2.24) is 5.32 Å². The van der Waals surface area contributed by atoms with Crippen LogP contribution in [0.1, 0.15) is 19.4 Å². The van der Waals surface area contributed by atoms with E-state index in [2.05, 4.69) is 5.32 Å². The van der Waals surface area contributed by atoms with Crippen molar-refractivity contribution in [2.75, 3.05) is 13.2 Å². The first-order valence-electron chi connectivity index (χ1n) is 6.89. The molecule has 0 saturated carbocycles. The summed E-state index contributed by atoms with van der Waals surface area (Å²) in [6.45, 7) is 3.95. The topological polar surface area (TPSA) is 77.0 Å². The molecular weight excluding hydrogens is 274 g/mol. The average molecular weight is 295 g/mol. The Morgan fingerprint density at radius 2 is 2.00 bits per heavy atom. The van der Waals surface area contributed by atoms with Crippen LogP contribution in [0.5, 0.6) is 0 Å². The third-order valence-corrected chi connectivity index (χ3v) is 3.19. The summed E-state index contributed by atoms with van der Waals surface area (Å²) < 4.78 is 16.0. The third kappa shape index (κ3) is 5.00. The zero-order valence-corrected chi connectivity index (χ0v) is 12.2. The predicted molar refractivity (Wildman–Crippen MR) is 75.5 cm³/mol. The lowest BCUT2D eigenvalue weighted by molar-refractivity contribution is -0.203. The van der Waals surface area contributed by atoms with Crippen LogP contribution in [-0.2, 0) is 20.8 Å². The van der Waals surface area contributed by atoms with Crippen LogP contribution in [0.25, 0.3) is 0 Å². The Balaban J connectivity index is 1.81. The fourth-order valence-corrected chi connectivity index (χ4v) is 1.90. The monoisotopic (exact) mass is 295 g/mol. The van der Waals surface area contributed by atoms with E-state index in [0.29, 0.717) is 0 Å². The molecule has 0 spiro atoms. The zero-order valence-electron chi connectivity index (χ0n) is 12.2. The smallest absolute Gasteiger partial charge is 0.407 e. The van der Waals surface area contributed by atoms with Gasteiger partial charge in [-0.25, -0.2) is 4.79 Å². The second-order valence-electron chi connectivity index (χ2n) is 5.40. The Kier molecular flexibility index (Phi) is 5.17. The van der Waals surface area contributed by atoms with Gasteiger partial charge in [0.2, 0.25) is 0 Å². The van der Waals surface area contributed by atoms with Crippen LogP contribution in [0.3, 0.4) is 0 Å².